The van der Waals surface area contributed by atoms with Crippen molar-refractivity contribution in [2.45, 2.75) is 32.4 Å². The minimum absolute atomic E-state index is 0.0753. The molecule has 0 aromatic heterocycles. The first-order valence-corrected chi connectivity index (χ1v) is 5.53. The number of carbonyl (C=O) groups is 1. The van der Waals surface area contributed by atoms with E-state index in [1.807, 2.05) is 19.9 Å². The van der Waals surface area contributed by atoms with Crippen LogP contribution in [0.25, 0.3) is 0 Å². The number of carbonyl (C=O) groups excluding carboxylic acids is 1. The zero-order valence-electron chi connectivity index (χ0n) is 9.81. The van der Waals surface area contributed by atoms with Crippen molar-refractivity contribution >= 4 is 5.91 Å². The molecule has 1 heterocycles. The van der Waals surface area contributed by atoms with Gasteiger partial charge in [-0.1, -0.05) is 0 Å². The van der Waals surface area contributed by atoms with Crippen LogP contribution in [-0.4, -0.2) is 49.3 Å². The largest absolute Gasteiger partial charge is 0.376 e. The van der Waals surface area contributed by atoms with Crippen molar-refractivity contribution in [3.63, 3.8) is 0 Å². The molecular weight excluding hydrogens is 208 g/mol. The molecule has 0 aliphatic carbocycles. The highest BCUT2D eigenvalue weighted by atomic mass is 16.6. The van der Waals surface area contributed by atoms with E-state index in [9.17, 15) is 4.79 Å². The van der Waals surface area contributed by atoms with Crippen molar-refractivity contribution in [2.24, 2.45) is 0 Å². The standard InChI is InChI=1S/C11H18N2O3/c1-9(2)13(5-3-4-12)11(14)10-8-15-6-7-16-10/h9-10H,3,5-8H2,1-2H3. The summed E-state index contributed by atoms with van der Waals surface area (Å²) in [5.41, 5.74) is 0. The molecule has 90 valence electrons. The molecule has 1 rings (SSSR count). The highest BCUT2D eigenvalue weighted by molar-refractivity contribution is 5.81. The van der Waals surface area contributed by atoms with E-state index in [0.717, 1.165) is 0 Å². The van der Waals surface area contributed by atoms with E-state index in [-0.39, 0.29) is 11.9 Å². The number of hydrogen-bond donors (Lipinski definition) is 0. The number of nitrogens with zero attached hydrogens (tertiary/aromatic N) is 2. The third-order valence-electron chi connectivity index (χ3n) is 2.46. The third-order valence-corrected chi connectivity index (χ3v) is 2.46. The number of nitriles is 1. The van der Waals surface area contributed by atoms with Gasteiger partial charge in [-0.15, -0.1) is 0 Å². The maximum atomic E-state index is 12.1. The Morgan fingerprint density at radius 1 is 1.56 bits per heavy atom. The quantitative estimate of drug-likeness (QED) is 0.702. The Hall–Kier alpha value is -1.12. The molecule has 1 amide bonds. The van der Waals surface area contributed by atoms with Crippen molar-refractivity contribution in [1.29, 1.82) is 5.26 Å². The van der Waals surface area contributed by atoms with Gasteiger partial charge in [-0.25, -0.2) is 0 Å². The van der Waals surface area contributed by atoms with Gasteiger partial charge in [0.25, 0.3) is 5.91 Å². The molecule has 0 bridgehead atoms. The smallest absolute Gasteiger partial charge is 0.254 e. The molecule has 1 atom stereocenters. The molecule has 1 fully saturated rings. The number of hydrogen-bond acceptors (Lipinski definition) is 4. The average Bonchev–Trinajstić information content (AvgIpc) is 2.30. The van der Waals surface area contributed by atoms with Crippen LogP contribution in [0.15, 0.2) is 0 Å². The lowest BCUT2D eigenvalue weighted by atomic mass is 10.2. The topological polar surface area (TPSA) is 62.6 Å². The Kier molecular flexibility index (Phi) is 5.23. The first kappa shape index (κ1) is 12.9. The molecule has 1 aliphatic heterocycles. The lowest BCUT2D eigenvalue weighted by Crippen LogP contribution is -2.48. The van der Waals surface area contributed by atoms with Crippen LogP contribution >= 0.6 is 0 Å². The van der Waals surface area contributed by atoms with Crippen molar-refractivity contribution < 1.29 is 14.3 Å². The van der Waals surface area contributed by atoms with Gasteiger partial charge in [0.2, 0.25) is 0 Å². The summed E-state index contributed by atoms with van der Waals surface area (Å²) >= 11 is 0. The first-order chi connectivity index (χ1) is 7.66. The molecule has 5 nitrogen and oxygen atoms in total. The molecule has 0 aromatic rings. The monoisotopic (exact) mass is 226 g/mol. The second-order valence-electron chi connectivity index (χ2n) is 3.97. The van der Waals surface area contributed by atoms with Crippen molar-refractivity contribution in [3.8, 4) is 6.07 Å². The van der Waals surface area contributed by atoms with E-state index in [0.29, 0.717) is 32.8 Å². The summed E-state index contributed by atoms with van der Waals surface area (Å²) in [7, 11) is 0. The Bertz CT molecular complexity index is 267. The summed E-state index contributed by atoms with van der Waals surface area (Å²) in [5.74, 6) is -0.0787. The van der Waals surface area contributed by atoms with E-state index in [4.69, 9.17) is 14.7 Å². The maximum absolute atomic E-state index is 12.1. The average molecular weight is 226 g/mol. The fourth-order valence-electron chi connectivity index (χ4n) is 1.61. The van der Waals surface area contributed by atoms with Gasteiger partial charge in [0.05, 0.1) is 32.3 Å². The van der Waals surface area contributed by atoms with Gasteiger partial charge in [-0.2, -0.15) is 5.26 Å². The summed E-state index contributed by atoms with van der Waals surface area (Å²) in [6, 6.07) is 2.12. The zero-order chi connectivity index (χ0) is 12.0. The first-order valence-electron chi connectivity index (χ1n) is 5.53. The molecule has 16 heavy (non-hydrogen) atoms. The number of amides is 1. The molecular formula is C11H18N2O3. The highest BCUT2D eigenvalue weighted by Crippen LogP contribution is 2.09. The van der Waals surface area contributed by atoms with E-state index in [1.54, 1.807) is 4.90 Å². The van der Waals surface area contributed by atoms with Crippen LogP contribution in [0.2, 0.25) is 0 Å². The predicted octanol–water partition coefficient (Wildman–Crippen LogP) is 0.552. The lowest BCUT2D eigenvalue weighted by molar-refractivity contribution is -0.159. The molecule has 1 aliphatic rings. The second-order valence-corrected chi connectivity index (χ2v) is 3.97. The van der Waals surface area contributed by atoms with Crippen molar-refractivity contribution in [1.82, 2.24) is 4.90 Å². The molecule has 5 heteroatoms. The molecule has 1 saturated heterocycles. The van der Waals surface area contributed by atoms with Crippen LogP contribution in [0.1, 0.15) is 20.3 Å². The fraction of sp³-hybridized carbons (Fsp3) is 0.818. The minimum atomic E-state index is -0.505. The SMILES string of the molecule is CC(C)N(CCC#N)C(=O)C1COCCO1. The third kappa shape index (κ3) is 3.47. The van der Waals surface area contributed by atoms with E-state index in [2.05, 4.69) is 0 Å². The molecule has 0 N–H and O–H groups in total. The minimum Gasteiger partial charge on any atom is -0.376 e. The molecule has 0 aromatic carbocycles. The number of ether oxygens (including phenoxy) is 2. The van der Waals surface area contributed by atoms with E-state index < -0.39 is 6.10 Å². The Morgan fingerprint density at radius 3 is 2.81 bits per heavy atom. The van der Waals surface area contributed by atoms with Crippen LogP contribution in [0.5, 0.6) is 0 Å². The molecule has 0 radical (unpaired) electrons. The van der Waals surface area contributed by atoms with Crippen LogP contribution in [0.3, 0.4) is 0 Å². The lowest BCUT2D eigenvalue weighted by Gasteiger charge is -2.31. The summed E-state index contributed by atoms with van der Waals surface area (Å²) in [6.07, 6.45) is -0.160. The Morgan fingerprint density at radius 2 is 2.31 bits per heavy atom. The predicted molar refractivity (Wildman–Crippen MR) is 57.6 cm³/mol. The number of rotatable bonds is 4. The Balaban J connectivity index is 2.55. The van der Waals surface area contributed by atoms with Crippen LogP contribution < -0.4 is 0 Å². The zero-order valence-corrected chi connectivity index (χ0v) is 9.81. The van der Waals surface area contributed by atoms with Gasteiger partial charge in [-0.3, -0.25) is 4.79 Å². The van der Waals surface area contributed by atoms with Crippen LogP contribution in [-0.2, 0) is 14.3 Å². The normalized spacial score (nSPS) is 20.5. The van der Waals surface area contributed by atoms with Gasteiger partial charge in [0.15, 0.2) is 6.10 Å². The summed E-state index contributed by atoms with van der Waals surface area (Å²) in [5, 5.41) is 8.55. The van der Waals surface area contributed by atoms with Crippen molar-refractivity contribution in [2.75, 3.05) is 26.4 Å². The van der Waals surface area contributed by atoms with Gasteiger partial charge in [0, 0.05) is 12.6 Å². The van der Waals surface area contributed by atoms with Gasteiger partial charge in [-0.05, 0) is 13.8 Å². The van der Waals surface area contributed by atoms with Gasteiger partial charge in [0.1, 0.15) is 0 Å². The molecule has 0 spiro atoms. The summed E-state index contributed by atoms with van der Waals surface area (Å²) in [4.78, 5) is 13.7. The Labute approximate surface area is 95.9 Å². The van der Waals surface area contributed by atoms with Gasteiger partial charge < -0.3 is 14.4 Å². The maximum Gasteiger partial charge on any atom is 0.254 e. The fourth-order valence-corrected chi connectivity index (χ4v) is 1.61. The van der Waals surface area contributed by atoms with E-state index >= 15 is 0 Å². The van der Waals surface area contributed by atoms with E-state index in [1.165, 1.54) is 0 Å². The van der Waals surface area contributed by atoms with Crippen molar-refractivity contribution in [3.05, 3.63) is 0 Å². The summed E-state index contributed by atoms with van der Waals surface area (Å²) in [6.45, 7) is 5.63. The second kappa shape index (κ2) is 6.46. The highest BCUT2D eigenvalue weighted by Gasteiger charge is 2.28. The molecule has 0 saturated carbocycles. The van der Waals surface area contributed by atoms with Gasteiger partial charge >= 0.3 is 0 Å². The summed E-state index contributed by atoms with van der Waals surface area (Å²) < 4.78 is 10.6. The van der Waals surface area contributed by atoms with Crippen LogP contribution in [0, 0.1) is 11.3 Å². The van der Waals surface area contributed by atoms with Crippen LogP contribution in [0.4, 0.5) is 0 Å². The molecule has 1 unspecified atom stereocenters.